The van der Waals surface area contributed by atoms with Crippen molar-refractivity contribution in [3.05, 3.63) is 89.3 Å². The number of cyclic esters (lactones) is 1. The van der Waals surface area contributed by atoms with Crippen molar-refractivity contribution in [3.63, 3.8) is 0 Å². The number of aliphatic hydroxyl groups excluding tert-OH is 3. The predicted octanol–water partition coefficient (Wildman–Crippen LogP) is 6.50. The Hall–Kier alpha value is -5.53. The summed E-state index contributed by atoms with van der Waals surface area (Å²) in [5.74, 6) is -6.97. The van der Waals surface area contributed by atoms with Gasteiger partial charge in [0, 0.05) is 62.0 Å². The largest absolute Gasteiger partial charge is 0.508 e. The number of carbonyl (C=O) groups excluding carboxylic acids is 6. The van der Waals surface area contributed by atoms with Crippen LogP contribution >= 0.6 is 0 Å². The predicted molar refractivity (Wildman–Crippen MR) is 294 cm³/mol. The summed E-state index contributed by atoms with van der Waals surface area (Å²) in [5.41, 5.74) is 3.97. The third kappa shape index (κ3) is 17.0. The molecule has 78 heavy (non-hydrogen) atoms. The van der Waals surface area contributed by atoms with Crippen LogP contribution in [-0.4, -0.2) is 122 Å². The minimum Gasteiger partial charge on any atom is -0.508 e. The van der Waals surface area contributed by atoms with Crippen LogP contribution in [0.5, 0.6) is 5.75 Å². The number of allylic oxidation sites excluding steroid dienone is 5. The standard InChI is InChI=1S/C60H88FN5O12/c1-11-43-28-39(8)60(64-55(43)72)38(7)27-37(6)52(78-60)33-50(70)35(4)19-14-12-15-20-36(5)51-23-17-13-16-22-49(69)41(10)54(71)46(25-24-40(9)67)56(73)63-53(34(2)3)57(74)62-48(31-42-29-44(61)32-45(68)30-42)58(75)66-26-18-21-47(65-66)59(76)77-51/h12-13,15-17,20,22,27,29-30,32,34-35,37,39,41,43,46-54,65,68-71H,11,14,18-19,21,23-26,28,31,33H2,1-10H3,(H,62,74)(H,63,73)(H,64,72)/b15-12+,17-13+,22-16+,36-20+/t35-,37+,39-,41-,43-,46+,47?,48-,49-,50-,51-,52-,53-,54+,60-/m0/s1. The topological polar surface area (TPSA) is 253 Å². The van der Waals surface area contributed by atoms with Gasteiger partial charge in [-0.1, -0.05) is 97.1 Å². The van der Waals surface area contributed by atoms with E-state index in [-0.39, 0.29) is 79.3 Å². The zero-order chi connectivity index (χ0) is 57.6. The minimum absolute atomic E-state index is 0.000148. The lowest BCUT2D eigenvalue weighted by atomic mass is 9.75. The highest BCUT2D eigenvalue weighted by Crippen LogP contribution is 2.43. The Morgan fingerprint density at radius 2 is 1.73 bits per heavy atom. The van der Waals surface area contributed by atoms with Gasteiger partial charge >= 0.3 is 5.97 Å². The van der Waals surface area contributed by atoms with Gasteiger partial charge in [-0.2, -0.15) is 0 Å². The van der Waals surface area contributed by atoms with Crippen LogP contribution in [0.25, 0.3) is 0 Å². The van der Waals surface area contributed by atoms with E-state index in [0.717, 1.165) is 30.5 Å². The van der Waals surface area contributed by atoms with Crippen molar-refractivity contribution in [2.75, 3.05) is 6.54 Å². The summed E-state index contributed by atoms with van der Waals surface area (Å²) in [4.78, 5) is 82.1. The Morgan fingerprint density at radius 1 is 1.00 bits per heavy atom. The van der Waals surface area contributed by atoms with Gasteiger partial charge in [-0.25, -0.2) is 9.82 Å². The molecule has 17 nitrogen and oxygen atoms in total. The number of hydrogen-bond donors (Lipinski definition) is 8. The maximum atomic E-state index is 14.6. The SMILES string of the molecule is CC[C@H]1C[C@H](C)[C@@]2(NC1=O)O[C@@H](C[C@H](O)[C@@H](C)CC/C=C/C=C(\C)[C@@H]1C/C=C/C=C/[C@H](O)[C@H](C)[C@@H](O)[C@@H](CCC(C)=O)C(=O)N[C@@H](C(C)C)C(=O)N[C@@H](Cc3cc(O)cc(F)c3)C(=O)N3CCCC(N3)C(=O)O1)[C@H](C)C=C2C. The highest BCUT2D eigenvalue weighted by Gasteiger charge is 2.51. The van der Waals surface area contributed by atoms with Crippen LogP contribution in [0.15, 0.2) is 78.0 Å². The fourth-order valence-corrected chi connectivity index (χ4v) is 11.0. The van der Waals surface area contributed by atoms with Gasteiger partial charge in [0.25, 0.3) is 5.91 Å². The third-order valence-electron chi connectivity index (χ3n) is 16.2. The summed E-state index contributed by atoms with van der Waals surface area (Å²) in [6.07, 6.45) is 13.5. The molecule has 432 valence electrons. The van der Waals surface area contributed by atoms with Gasteiger partial charge in [-0.15, -0.1) is 0 Å². The molecule has 0 aliphatic carbocycles. The quantitative estimate of drug-likeness (QED) is 0.0532. The average Bonchev–Trinajstić information content (AvgIpc) is 3.52. The normalized spacial score (nSPS) is 33.0. The molecule has 4 amide bonds. The number of rotatable bonds is 15. The van der Waals surface area contributed by atoms with E-state index < -0.39 is 101 Å². The number of nitrogens with one attached hydrogen (secondary N) is 4. The number of ketones is 1. The van der Waals surface area contributed by atoms with E-state index >= 15 is 0 Å². The number of amides is 4. The number of hydrazine groups is 1. The molecule has 18 heteroatoms. The van der Waals surface area contributed by atoms with Crippen molar-refractivity contribution >= 4 is 35.4 Å². The summed E-state index contributed by atoms with van der Waals surface area (Å²) in [6, 6.07) is -0.367. The molecule has 2 fully saturated rings. The van der Waals surface area contributed by atoms with Gasteiger partial charge in [0.1, 0.15) is 41.6 Å². The molecule has 15 atom stereocenters. The summed E-state index contributed by atoms with van der Waals surface area (Å²) in [7, 11) is 0. The molecule has 8 N–H and O–H groups in total. The van der Waals surface area contributed by atoms with E-state index in [1.807, 2.05) is 45.9 Å². The van der Waals surface area contributed by atoms with Crippen LogP contribution in [0.3, 0.4) is 0 Å². The monoisotopic (exact) mass is 1090 g/mol. The Labute approximate surface area is 460 Å². The van der Waals surface area contributed by atoms with Crippen molar-refractivity contribution < 1.29 is 63.1 Å². The molecule has 1 unspecified atom stereocenters. The van der Waals surface area contributed by atoms with Crippen LogP contribution in [0.2, 0.25) is 0 Å². The van der Waals surface area contributed by atoms with E-state index in [0.29, 0.717) is 37.7 Å². The summed E-state index contributed by atoms with van der Waals surface area (Å²) >= 11 is 0. The lowest BCUT2D eigenvalue weighted by molar-refractivity contribution is -0.179. The molecule has 0 aromatic heterocycles. The van der Waals surface area contributed by atoms with Gasteiger partial charge in [0.2, 0.25) is 17.7 Å². The Morgan fingerprint density at radius 3 is 2.41 bits per heavy atom. The van der Waals surface area contributed by atoms with Crippen molar-refractivity contribution in [1.29, 1.82) is 0 Å². The van der Waals surface area contributed by atoms with Gasteiger partial charge in [0.15, 0.2) is 5.72 Å². The zero-order valence-electron chi connectivity index (χ0n) is 47.4. The number of nitrogens with zero attached hydrogens (tertiary/aromatic N) is 1. The number of piperidine rings is 1. The molecule has 4 aliphatic heterocycles. The molecule has 1 aromatic carbocycles. The van der Waals surface area contributed by atoms with Crippen LogP contribution in [0.4, 0.5) is 4.39 Å². The number of fused-ring (bicyclic) bond motifs is 2. The van der Waals surface area contributed by atoms with Crippen molar-refractivity contribution in [2.24, 2.45) is 41.4 Å². The van der Waals surface area contributed by atoms with Crippen LogP contribution in [0, 0.1) is 47.2 Å². The third-order valence-corrected chi connectivity index (χ3v) is 16.2. The van der Waals surface area contributed by atoms with E-state index in [4.69, 9.17) is 9.47 Å². The fourth-order valence-electron chi connectivity index (χ4n) is 11.0. The number of phenolic OH excluding ortho intramolecular Hbond substituents is 1. The molecule has 1 spiro atoms. The Kier molecular flexibility index (Phi) is 23.6. The first-order chi connectivity index (χ1) is 36.8. The van der Waals surface area contributed by atoms with Crippen LogP contribution in [-0.2, 0) is 44.7 Å². The van der Waals surface area contributed by atoms with Crippen LogP contribution < -0.4 is 21.4 Å². The number of hydrogen-bond acceptors (Lipinski definition) is 13. The van der Waals surface area contributed by atoms with Gasteiger partial charge < -0.3 is 50.6 Å². The number of carbonyl (C=O) groups is 6. The average molecular weight is 1090 g/mol. The number of esters is 1. The minimum atomic E-state index is -1.46. The van der Waals surface area contributed by atoms with Gasteiger partial charge in [-0.3, -0.25) is 29.0 Å². The van der Waals surface area contributed by atoms with E-state index in [2.05, 4.69) is 41.3 Å². The number of benzene rings is 1. The number of ether oxygens (including phenoxy) is 2. The van der Waals surface area contributed by atoms with E-state index in [1.165, 1.54) is 24.1 Å². The molecular formula is C60H88FN5O12. The van der Waals surface area contributed by atoms with Gasteiger partial charge in [0.05, 0.1) is 30.3 Å². The van der Waals surface area contributed by atoms with E-state index in [1.54, 1.807) is 39.0 Å². The first-order valence-corrected chi connectivity index (χ1v) is 28.1. The molecule has 0 radical (unpaired) electrons. The van der Waals surface area contributed by atoms with Crippen molar-refractivity contribution in [2.45, 2.75) is 194 Å². The highest BCUT2D eigenvalue weighted by atomic mass is 19.1. The second kappa shape index (κ2) is 29.1. The molecule has 0 saturated carbocycles. The molecule has 2 bridgehead atoms. The molecule has 4 heterocycles. The molecular weight excluding hydrogens is 1000 g/mol. The molecule has 1 aromatic rings. The van der Waals surface area contributed by atoms with Gasteiger partial charge in [-0.05, 0) is 106 Å². The number of aromatic hydroxyl groups is 1. The lowest BCUT2D eigenvalue weighted by Gasteiger charge is -2.51. The van der Waals surface area contributed by atoms with Crippen molar-refractivity contribution in [1.82, 2.24) is 26.4 Å². The summed E-state index contributed by atoms with van der Waals surface area (Å²) in [5, 5.41) is 54.4. The number of aliphatic hydroxyl groups is 3. The molecule has 5 rings (SSSR count). The Bertz CT molecular complexity index is 2400. The number of halogens is 1. The summed E-state index contributed by atoms with van der Waals surface area (Å²) in [6.45, 7) is 18.4. The smallest absolute Gasteiger partial charge is 0.325 e. The lowest BCUT2D eigenvalue weighted by Crippen LogP contribution is -2.64. The first-order valence-electron chi connectivity index (χ1n) is 28.1. The molecule has 2 saturated heterocycles. The maximum Gasteiger partial charge on any atom is 0.325 e. The fraction of sp³-hybridized carbons (Fsp3) is 0.633. The number of phenols is 1. The highest BCUT2D eigenvalue weighted by molar-refractivity contribution is 5.93. The molecule has 4 aliphatic rings. The second-order valence-corrected chi connectivity index (χ2v) is 22.8. The number of Topliss-reactive ketones (excluding diaryl/α,β-unsaturated/α-hetero) is 1. The van der Waals surface area contributed by atoms with Crippen LogP contribution in [0.1, 0.15) is 139 Å². The van der Waals surface area contributed by atoms with Crippen molar-refractivity contribution in [3.8, 4) is 5.75 Å². The Balaban J connectivity index is 1.36. The maximum absolute atomic E-state index is 14.6. The second-order valence-electron chi connectivity index (χ2n) is 22.8. The summed E-state index contributed by atoms with van der Waals surface area (Å²) < 4.78 is 27.5. The zero-order valence-corrected chi connectivity index (χ0v) is 47.4. The first kappa shape index (κ1) is 63.3. The van der Waals surface area contributed by atoms with E-state index in [9.17, 15) is 53.6 Å².